The minimum atomic E-state index is 0. The molecule has 0 unspecified atom stereocenters. The van der Waals surface area contributed by atoms with Crippen molar-refractivity contribution >= 4 is 18.3 Å². The Bertz CT molecular complexity index is 305. The Kier molecular flexibility index (Phi) is 7.50. The van der Waals surface area contributed by atoms with Crippen molar-refractivity contribution in [1.82, 2.24) is 15.2 Å². The molecule has 1 aromatic heterocycles. The standard InChI is InChI=1S/C11H17N3O.ClH/c1-12-9-11(15)14(2)8-5-10-3-6-13-7-4-10;/h3-4,6-7,12H,5,8-9H2,1-2H3;1H. The zero-order valence-electron chi connectivity index (χ0n) is 9.64. The Morgan fingerprint density at radius 1 is 1.44 bits per heavy atom. The normalized spacial score (nSPS) is 9.38. The Hall–Kier alpha value is -1.13. The maximum absolute atomic E-state index is 11.4. The van der Waals surface area contributed by atoms with Crippen molar-refractivity contribution < 1.29 is 4.79 Å². The molecule has 1 heterocycles. The van der Waals surface area contributed by atoms with Crippen LogP contribution in [0.5, 0.6) is 0 Å². The first kappa shape index (κ1) is 14.9. The minimum absolute atomic E-state index is 0. The number of nitrogens with zero attached hydrogens (tertiary/aromatic N) is 2. The van der Waals surface area contributed by atoms with Gasteiger partial charge in [0.2, 0.25) is 5.91 Å². The van der Waals surface area contributed by atoms with Crippen LogP contribution in [0.1, 0.15) is 5.56 Å². The molecule has 1 N–H and O–H groups in total. The molecule has 0 bridgehead atoms. The number of likely N-dealkylation sites (N-methyl/N-ethyl adjacent to an activating group) is 2. The van der Waals surface area contributed by atoms with Crippen molar-refractivity contribution in [3.63, 3.8) is 0 Å². The van der Waals surface area contributed by atoms with E-state index in [0.717, 1.165) is 13.0 Å². The molecule has 0 atom stereocenters. The average Bonchev–Trinajstić information content (AvgIpc) is 2.27. The van der Waals surface area contributed by atoms with E-state index in [1.165, 1.54) is 5.56 Å². The third-order valence-corrected chi connectivity index (χ3v) is 2.24. The SMILES string of the molecule is CNCC(=O)N(C)CCc1ccncc1.Cl. The molecule has 0 fully saturated rings. The molecule has 0 radical (unpaired) electrons. The van der Waals surface area contributed by atoms with Gasteiger partial charge in [-0.05, 0) is 31.2 Å². The molecule has 0 aliphatic heterocycles. The Morgan fingerprint density at radius 3 is 2.62 bits per heavy atom. The van der Waals surface area contributed by atoms with E-state index in [4.69, 9.17) is 0 Å². The van der Waals surface area contributed by atoms with Gasteiger partial charge in [0.05, 0.1) is 6.54 Å². The van der Waals surface area contributed by atoms with E-state index < -0.39 is 0 Å². The lowest BCUT2D eigenvalue weighted by Gasteiger charge is -2.16. The number of halogens is 1. The van der Waals surface area contributed by atoms with Crippen molar-refractivity contribution in [3.05, 3.63) is 30.1 Å². The lowest BCUT2D eigenvalue weighted by Crippen LogP contribution is -2.35. The van der Waals surface area contributed by atoms with Crippen LogP contribution in [0.3, 0.4) is 0 Å². The maximum Gasteiger partial charge on any atom is 0.236 e. The molecule has 90 valence electrons. The highest BCUT2D eigenvalue weighted by Crippen LogP contribution is 1.98. The number of rotatable bonds is 5. The van der Waals surface area contributed by atoms with Crippen molar-refractivity contribution in [3.8, 4) is 0 Å². The zero-order valence-corrected chi connectivity index (χ0v) is 10.5. The topological polar surface area (TPSA) is 45.2 Å². The van der Waals surface area contributed by atoms with Crippen LogP contribution >= 0.6 is 12.4 Å². The third-order valence-electron chi connectivity index (χ3n) is 2.24. The van der Waals surface area contributed by atoms with Gasteiger partial charge in [-0.1, -0.05) is 0 Å². The molecule has 16 heavy (non-hydrogen) atoms. The monoisotopic (exact) mass is 243 g/mol. The van der Waals surface area contributed by atoms with Gasteiger partial charge in [-0.25, -0.2) is 0 Å². The number of nitrogens with one attached hydrogen (secondary N) is 1. The lowest BCUT2D eigenvalue weighted by atomic mass is 10.2. The molecular formula is C11H18ClN3O. The number of aromatic nitrogens is 1. The van der Waals surface area contributed by atoms with Crippen LogP contribution in [0.25, 0.3) is 0 Å². The van der Waals surface area contributed by atoms with E-state index in [0.29, 0.717) is 6.54 Å². The van der Waals surface area contributed by atoms with Gasteiger partial charge in [0.15, 0.2) is 0 Å². The molecule has 0 spiro atoms. The van der Waals surface area contributed by atoms with Crippen LogP contribution in [0, 0.1) is 0 Å². The Morgan fingerprint density at radius 2 is 2.06 bits per heavy atom. The fraction of sp³-hybridized carbons (Fsp3) is 0.455. The fourth-order valence-electron chi connectivity index (χ4n) is 1.26. The Labute approximate surface area is 102 Å². The lowest BCUT2D eigenvalue weighted by molar-refractivity contribution is -0.128. The van der Waals surface area contributed by atoms with Gasteiger partial charge in [0, 0.05) is 26.0 Å². The molecule has 5 heteroatoms. The molecule has 0 saturated heterocycles. The van der Waals surface area contributed by atoms with Crippen LogP contribution in [-0.2, 0) is 11.2 Å². The van der Waals surface area contributed by atoms with Gasteiger partial charge in [0.1, 0.15) is 0 Å². The number of hydrogen-bond donors (Lipinski definition) is 1. The molecule has 1 amide bonds. The first-order chi connectivity index (χ1) is 7.24. The van der Waals surface area contributed by atoms with Gasteiger partial charge >= 0.3 is 0 Å². The quantitative estimate of drug-likeness (QED) is 0.829. The summed E-state index contributed by atoms with van der Waals surface area (Å²) in [6.45, 7) is 1.14. The number of hydrogen-bond acceptors (Lipinski definition) is 3. The van der Waals surface area contributed by atoms with Gasteiger partial charge in [-0.15, -0.1) is 12.4 Å². The van der Waals surface area contributed by atoms with Gasteiger partial charge in [0.25, 0.3) is 0 Å². The summed E-state index contributed by atoms with van der Waals surface area (Å²) in [7, 11) is 3.59. The minimum Gasteiger partial charge on any atom is -0.344 e. The first-order valence-electron chi connectivity index (χ1n) is 5.01. The highest BCUT2D eigenvalue weighted by Gasteiger charge is 2.06. The van der Waals surface area contributed by atoms with E-state index in [1.54, 1.807) is 24.3 Å². The summed E-state index contributed by atoms with van der Waals surface area (Å²) in [6, 6.07) is 3.94. The highest BCUT2D eigenvalue weighted by atomic mass is 35.5. The molecule has 0 aliphatic carbocycles. The van der Waals surface area contributed by atoms with Crippen LogP contribution in [0.2, 0.25) is 0 Å². The van der Waals surface area contributed by atoms with Crippen molar-refractivity contribution in [2.24, 2.45) is 0 Å². The summed E-state index contributed by atoms with van der Waals surface area (Å²) in [5.41, 5.74) is 1.20. The van der Waals surface area contributed by atoms with Gasteiger partial charge in [-0.2, -0.15) is 0 Å². The van der Waals surface area contributed by atoms with Gasteiger partial charge in [-0.3, -0.25) is 9.78 Å². The summed E-state index contributed by atoms with van der Waals surface area (Å²) in [5.74, 6) is 0.117. The molecule has 0 aliphatic rings. The molecule has 1 aromatic rings. The van der Waals surface area contributed by atoms with Crippen LogP contribution < -0.4 is 5.32 Å². The van der Waals surface area contributed by atoms with E-state index in [9.17, 15) is 4.79 Å². The van der Waals surface area contributed by atoms with Crippen LogP contribution in [0.4, 0.5) is 0 Å². The first-order valence-corrected chi connectivity index (χ1v) is 5.01. The maximum atomic E-state index is 11.4. The van der Waals surface area contributed by atoms with E-state index in [1.807, 2.05) is 19.2 Å². The van der Waals surface area contributed by atoms with E-state index in [-0.39, 0.29) is 18.3 Å². The summed E-state index contributed by atoms with van der Waals surface area (Å²) in [5, 5.41) is 2.85. The van der Waals surface area contributed by atoms with Crippen molar-refractivity contribution in [2.45, 2.75) is 6.42 Å². The highest BCUT2D eigenvalue weighted by molar-refractivity contribution is 5.85. The summed E-state index contributed by atoms with van der Waals surface area (Å²) in [6.07, 6.45) is 4.41. The van der Waals surface area contributed by atoms with Crippen LogP contribution in [-0.4, -0.2) is 43.0 Å². The predicted octanol–water partition coefficient (Wildman–Crippen LogP) is 0.724. The predicted molar refractivity (Wildman–Crippen MR) is 66.8 cm³/mol. The molecular weight excluding hydrogens is 226 g/mol. The van der Waals surface area contributed by atoms with Crippen molar-refractivity contribution in [2.75, 3.05) is 27.2 Å². The van der Waals surface area contributed by atoms with E-state index in [2.05, 4.69) is 10.3 Å². The second kappa shape index (κ2) is 8.07. The molecule has 1 rings (SSSR count). The van der Waals surface area contributed by atoms with Gasteiger partial charge < -0.3 is 10.2 Å². The summed E-state index contributed by atoms with van der Waals surface area (Å²) >= 11 is 0. The van der Waals surface area contributed by atoms with Crippen molar-refractivity contribution in [1.29, 1.82) is 0 Å². The molecule has 0 saturated carbocycles. The number of amides is 1. The molecule has 4 nitrogen and oxygen atoms in total. The zero-order chi connectivity index (χ0) is 11.1. The molecule has 0 aromatic carbocycles. The Balaban J connectivity index is 0.00000225. The number of pyridine rings is 1. The summed E-state index contributed by atoms with van der Waals surface area (Å²) < 4.78 is 0. The fourth-order valence-corrected chi connectivity index (χ4v) is 1.26. The number of carbonyl (C=O) groups excluding carboxylic acids is 1. The largest absolute Gasteiger partial charge is 0.344 e. The second-order valence-corrected chi connectivity index (χ2v) is 3.45. The second-order valence-electron chi connectivity index (χ2n) is 3.45. The smallest absolute Gasteiger partial charge is 0.236 e. The third kappa shape index (κ3) is 5.09. The van der Waals surface area contributed by atoms with Crippen LogP contribution in [0.15, 0.2) is 24.5 Å². The number of carbonyl (C=O) groups is 1. The van der Waals surface area contributed by atoms with E-state index >= 15 is 0 Å². The average molecular weight is 244 g/mol. The summed E-state index contributed by atoms with van der Waals surface area (Å²) in [4.78, 5) is 17.1.